The highest BCUT2D eigenvalue weighted by Crippen LogP contribution is 2.24. The Balaban J connectivity index is 2.71. The molecule has 1 aromatic rings. The molecular weight excluding hydrogens is 295 g/mol. The van der Waals surface area contributed by atoms with E-state index in [2.05, 4.69) is 4.72 Å². The lowest BCUT2D eigenvalue weighted by atomic mass is 10.4. The molecular formula is C11H17Cl2N2O2S+. The van der Waals surface area contributed by atoms with E-state index in [-0.39, 0.29) is 9.92 Å². The highest BCUT2D eigenvalue weighted by Gasteiger charge is 2.17. The smallest absolute Gasteiger partial charge is 0.242 e. The number of halogens is 2. The predicted molar refractivity (Wildman–Crippen MR) is 73.9 cm³/mol. The number of nitrogens with one attached hydrogen (secondary N) is 2. The summed E-state index contributed by atoms with van der Waals surface area (Å²) in [6, 6.07) is 4.38. The van der Waals surface area contributed by atoms with Crippen LogP contribution in [0.15, 0.2) is 23.1 Å². The minimum Gasteiger partial charge on any atom is -0.340 e. The van der Waals surface area contributed by atoms with E-state index in [9.17, 15) is 8.42 Å². The second-order valence-corrected chi connectivity index (χ2v) is 6.86. The Kier molecular flexibility index (Phi) is 5.88. The fourth-order valence-corrected chi connectivity index (χ4v) is 3.24. The van der Waals surface area contributed by atoms with Crippen molar-refractivity contribution in [2.45, 2.75) is 11.3 Å². The van der Waals surface area contributed by atoms with Crippen molar-refractivity contribution in [3.05, 3.63) is 28.2 Å². The number of hydrogen-bond donors (Lipinski definition) is 2. The Hall–Kier alpha value is -0.330. The van der Waals surface area contributed by atoms with E-state index in [1.54, 1.807) is 6.07 Å². The largest absolute Gasteiger partial charge is 0.340 e. The van der Waals surface area contributed by atoms with Gasteiger partial charge in [0, 0.05) is 18.0 Å². The summed E-state index contributed by atoms with van der Waals surface area (Å²) in [5, 5.41) is 0.516. The van der Waals surface area contributed by atoms with Gasteiger partial charge >= 0.3 is 0 Å². The van der Waals surface area contributed by atoms with Crippen molar-refractivity contribution in [2.24, 2.45) is 0 Å². The van der Waals surface area contributed by atoms with E-state index >= 15 is 0 Å². The molecule has 0 saturated heterocycles. The molecule has 0 heterocycles. The quantitative estimate of drug-likeness (QED) is 0.764. The second-order valence-electron chi connectivity index (χ2n) is 4.28. The zero-order chi connectivity index (χ0) is 13.8. The summed E-state index contributed by atoms with van der Waals surface area (Å²) < 4.78 is 26.5. The van der Waals surface area contributed by atoms with Gasteiger partial charge in [0.1, 0.15) is 4.90 Å². The van der Waals surface area contributed by atoms with Crippen LogP contribution in [0.3, 0.4) is 0 Å². The average Bonchev–Trinajstić information content (AvgIpc) is 2.27. The lowest BCUT2D eigenvalue weighted by molar-refractivity contribution is -0.858. The second kappa shape index (κ2) is 6.73. The van der Waals surface area contributed by atoms with Crippen LogP contribution < -0.4 is 9.62 Å². The molecule has 0 spiro atoms. The van der Waals surface area contributed by atoms with Gasteiger partial charge in [-0.05, 0) is 18.2 Å². The molecule has 0 aliphatic rings. The molecule has 0 bridgehead atoms. The van der Waals surface area contributed by atoms with Crippen molar-refractivity contribution in [2.75, 3.05) is 27.2 Å². The molecule has 0 aliphatic carbocycles. The van der Waals surface area contributed by atoms with Gasteiger partial charge in [0.05, 0.1) is 25.7 Å². The molecule has 7 heteroatoms. The molecule has 0 radical (unpaired) electrons. The van der Waals surface area contributed by atoms with Crippen molar-refractivity contribution in [3.8, 4) is 0 Å². The summed E-state index contributed by atoms with van der Waals surface area (Å²) in [6.07, 6.45) is 0.764. The van der Waals surface area contributed by atoms with Gasteiger partial charge in [-0.1, -0.05) is 23.2 Å². The molecule has 0 amide bonds. The first kappa shape index (κ1) is 15.7. The predicted octanol–water partition coefficient (Wildman–Crippen LogP) is 0.806. The van der Waals surface area contributed by atoms with E-state index in [0.717, 1.165) is 13.0 Å². The number of sulfonamides is 1. The van der Waals surface area contributed by atoms with Gasteiger partial charge in [0.25, 0.3) is 0 Å². The number of hydrogen-bond acceptors (Lipinski definition) is 2. The van der Waals surface area contributed by atoms with Crippen LogP contribution in [0.5, 0.6) is 0 Å². The number of quaternary nitrogens is 1. The highest BCUT2D eigenvalue weighted by molar-refractivity contribution is 7.89. The van der Waals surface area contributed by atoms with Gasteiger partial charge in [-0.2, -0.15) is 0 Å². The molecule has 4 nitrogen and oxygen atoms in total. The molecule has 18 heavy (non-hydrogen) atoms. The summed E-state index contributed by atoms with van der Waals surface area (Å²) in [6.45, 7) is 1.28. The molecule has 0 aliphatic heterocycles. The number of benzene rings is 1. The SMILES string of the molecule is C[NH+](C)CCCNS(=O)(=O)c1cc(Cl)ccc1Cl. The standard InChI is InChI=1S/C11H16Cl2N2O2S/c1-15(2)7-3-6-14-18(16,17)11-8-9(12)4-5-10(11)13/h4-5,8,14H,3,6-7H2,1-2H3/p+1. The van der Waals surface area contributed by atoms with Gasteiger partial charge in [-0.15, -0.1) is 0 Å². The molecule has 2 N–H and O–H groups in total. The third kappa shape index (κ3) is 4.74. The van der Waals surface area contributed by atoms with Crippen LogP contribution in [0.1, 0.15) is 6.42 Å². The van der Waals surface area contributed by atoms with Crippen molar-refractivity contribution >= 4 is 33.2 Å². The van der Waals surface area contributed by atoms with Gasteiger partial charge in [-0.3, -0.25) is 0 Å². The Morgan fingerprint density at radius 3 is 2.56 bits per heavy atom. The molecule has 0 saturated carbocycles. The van der Waals surface area contributed by atoms with Crippen LogP contribution in [0.4, 0.5) is 0 Å². The summed E-state index contributed by atoms with van der Waals surface area (Å²) >= 11 is 11.6. The Morgan fingerprint density at radius 2 is 1.94 bits per heavy atom. The first-order chi connectivity index (χ1) is 8.33. The van der Waals surface area contributed by atoms with Crippen LogP contribution in [0.25, 0.3) is 0 Å². The maximum Gasteiger partial charge on any atom is 0.242 e. The molecule has 0 aromatic heterocycles. The van der Waals surface area contributed by atoms with E-state index in [0.29, 0.717) is 11.6 Å². The van der Waals surface area contributed by atoms with Crippen molar-refractivity contribution in [1.82, 2.24) is 4.72 Å². The molecule has 1 aromatic carbocycles. The fraction of sp³-hybridized carbons (Fsp3) is 0.455. The normalized spacial score (nSPS) is 12.1. The summed E-state index contributed by atoms with van der Waals surface area (Å²) in [5.41, 5.74) is 0. The molecule has 0 unspecified atom stereocenters. The van der Waals surface area contributed by atoms with Crippen molar-refractivity contribution in [1.29, 1.82) is 0 Å². The Bertz CT molecular complexity index is 504. The Morgan fingerprint density at radius 1 is 1.28 bits per heavy atom. The highest BCUT2D eigenvalue weighted by atomic mass is 35.5. The maximum atomic E-state index is 12.0. The zero-order valence-electron chi connectivity index (χ0n) is 10.3. The van der Waals surface area contributed by atoms with Crippen LogP contribution >= 0.6 is 23.2 Å². The first-order valence-corrected chi connectivity index (χ1v) is 7.80. The van der Waals surface area contributed by atoms with Crippen LogP contribution in [0, 0.1) is 0 Å². The molecule has 1 rings (SSSR count). The minimum absolute atomic E-state index is 0.0221. The topological polar surface area (TPSA) is 50.6 Å². The summed E-state index contributed by atoms with van der Waals surface area (Å²) in [4.78, 5) is 1.30. The summed E-state index contributed by atoms with van der Waals surface area (Å²) in [7, 11) is 0.445. The monoisotopic (exact) mass is 311 g/mol. The van der Waals surface area contributed by atoms with Crippen LogP contribution in [-0.4, -0.2) is 35.6 Å². The van der Waals surface area contributed by atoms with Gasteiger partial charge in [-0.25, -0.2) is 13.1 Å². The number of rotatable bonds is 6. The van der Waals surface area contributed by atoms with Gasteiger partial charge in [0.2, 0.25) is 10.0 Å². The lowest BCUT2D eigenvalue weighted by Gasteiger charge is -2.10. The average molecular weight is 312 g/mol. The van der Waals surface area contributed by atoms with Crippen molar-refractivity contribution in [3.63, 3.8) is 0 Å². The fourth-order valence-electron chi connectivity index (χ4n) is 1.41. The van der Waals surface area contributed by atoms with Gasteiger partial charge in [0.15, 0.2) is 0 Å². The van der Waals surface area contributed by atoms with Crippen LogP contribution in [0.2, 0.25) is 10.0 Å². The van der Waals surface area contributed by atoms with E-state index in [1.807, 2.05) is 14.1 Å². The van der Waals surface area contributed by atoms with Gasteiger partial charge < -0.3 is 4.90 Å². The molecule has 102 valence electrons. The lowest BCUT2D eigenvalue weighted by Crippen LogP contribution is -3.05. The van der Waals surface area contributed by atoms with Crippen molar-refractivity contribution < 1.29 is 13.3 Å². The molecule has 0 atom stereocenters. The summed E-state index contributed by atoms with van der Waals surface area (Å²) in [5.74, 6) is 0. The van der Waals surface area contributed by atoms with E-state index < -0.39 is 10.0 Å². The zero-order valence-corrected chi connectivity index (χ0v) is 12.7. The van der Waals surface area contributed by atoms with E-state index in [4.69, 9.17) is 23.2 Å². The maximum absolute atomic E-state index is 12.0. The van der Waals surface area contributed by atoms with E-state index in [1.165, 1.54) is 17.0 Å². The Labute approximate surface area is 118 Å². The third-order valence-corrected chi connectivity index (χ3v) is 4.51. The minimum atomic E-state index is -3.59. The third-order valence-electron chi connectivity index (χ3n) is 2.33. The first-order valence-electron chi connectivity index (χ1n) is 5.56. The van der Waals surface area contributed by atoms with Crippen LogP contribution in [-0.2, 0) is 10.0 Å². The molecule has 0 fully saturated rings.